The van der Waals surface area contributed by atoms with E-state index in [2.05, 4.69) is 37.3 Å². The molecule has 2 N–H and O–H groups in total. The van der Waals surface area contributed by atoms with Crippen LogP contribution in [0.3, 0.4) is 0 Å². The molecule has 1 aromatic carbocycles. The van der Waals surface area contributed by atoms with Crippen molar-refractivity contribution >= 4 is 17.6 Å². The van der Waals surface area contributed by atoms with Crippen LogP contribution in [0.5, 0.6) is 5.75 Å². The number of carbonyl (C=O) groups excluding carboxylic acids is 1. The molecule has 1 amide bonds. The van der Waals surface area contributed by atoms with Gasteiger partial charge in [0.05, 0.1) is 11.4 Å². The second-order valence-electron chi connectivity index (χ2n) is 13.5. The van der Waals surface area contributed by atoms with Crippen LogP contribution in [-0.2, 0) is 4.74 Å². The van der Waals surface area contributed by atoms with Crippen molar-refractivity contribution < 1.29 is 14.6 Å². The average Bonchev–Trinajstić information content (AvgIpc) is 2.89. The summed E-state index contributed by atoms with van der Waals surface area (Å²) in [6.45, 7) is 13.5. The van der Waals surface area contributed by atoms with Gasteiger partial charge in [0, 0.05) is 70.0 Å². The molecule has 4 aliphatic rings. The van der Waals surface area contributed by atoms with Crippen LogP contribution in [0.25, 0.3) is 11.3 Å². The number of hydrogen-bond acceptors (Lipinski definition) is 9. The number of fused-ring (bicyclic) bond motifs is 1. The van der Waals surface area contributed by atoms with Crippen molar-refractivity contribution in [3.63, 3.8) is 0 Å². The molecule has 2 saturated heterocycles. The fourth-order valence-electron chi connectivity index (χ4n) is 7.02. The standard InChI is InChI=1S/C31H45N7O3/c1-30(2,3)41-29(40)37-12-9-22(10-13-37)38-20-31(21-38)18-23(19-31)35(4)15-16-36-14-11-32-28-26(36)17-25(33-34-28)24-7-5-6-8-27(24)39/h5-8,17,22-23,39H,9-16,18-21H2,1-4H3,(H,32,34). The molecule has 3 aliphatic heterocycles. The number of carbonyl (C=O) groups is 1. The molecule has 222 valence electrons. The zero-order valence-electron chi connectivity index (χ0n) is 25.0. The molecule has 1 spiro atoms. The summed E-state index contributed by atoms with van der Waals surface area (Å²) in [6, 6.07) is 10.6. The number of nitrogens with one attached hydrogen (secondary N) is 1. The van der Waals surface area contributed by atoms with E-state index in [1.54, 1.807) is 6.07 Å². The summed E-state index contributed by atoms with van der Waals surface area (Å²) in [5.41, 5.74) is 2.50. The molecular weight excluding hydrogens is 518 g/mol. The van der Waals surface area contributed by atoms with Crippen molar-refractivity contribution in [3.8, 4) is 17.0 Å². The average molecular weight is 564 g/mol. The third-order valence-electron chi connectivity index (χ3n) is 9.36. The monoisotopic (exact) mass is 563 g/mol. The Morgan fingerprint density at radius 2 is 1.88 bits per heavy atom. The van der Waals surface area contributed by atoms with Gasteiger partial charge in [-0.1, -0.05) is 12.1 Å². The number of ether oxygens (including phenoxy) is 1. The largest absolute Gasteiger partial charge is 0.507 e. The van der Waals surface area contributed by atoms with Crippen molar-refractivity contribution in [2.24, 2.45) is 5.41 Å². The highest BCUT2D eigenvalue weighted by Gasteiger charge is 2.54. The second-order valence-corrected chi connectivity index (χ2v) is 13.5. The summed E-state index contributed by atoms with van der Waals surface area (Å²) >= 11 is 0. The maximum absolute atomic E-state index is 12.4. The molecule has 41 heavy (non-hydrogen) atoms. The first kappa shape index (κ1) is 28.0. The lowest BCUT2D eigenvalue weighted by atomic mass is 9.59. The summed E-state index contributed by atoms with van der Waals surface area (Å²) < 4.78 is 5.56. The highest BCUT2D eigenvalue weighted by Crippen LogP contribution is 2.51. The van der Waals surface area contributed by atoms with Crippen molar-refractivity contribution in [3.05, 3.63) is 30.3 Å². The Morgan fingerprint density at radius 3 is 2.59 bits per heavy atom. The van der Waals surface area contributed by atoms with Gasteiger partial charge in [0.2, 0.25) is 0 Å². The smallest absolute Gasteiger partial charge is 0.410 e. The Morgan fingerprint density at radius 1 is 1.15 bits per heavy atom. The van der Waals surface area contributed by atoms with Crippen molar-refractivity contribution in [2.45, 2.75) is 64.1 Å². The van der Waals surface area contributed by atoms with Gasteiger partial charge in [-0.25, -0.2) is 4.79 Å². The molecule has 1 aromatic heterocycles. The predicted molar refractivity (Wildman–Crippen MR) is 160 cm³/mol. The molecule has 0 radical (unpaired) electrons. The van der Waals surface area contributed by atoms with E-state index in [-0.39, 0.29) is 11.8 Å². The topological polar surface area (TPSA) is 97.3 Å². The second kappa shape index (κ2) is 10.9. The summed E-state index contributed by atoms with van der Waals surface area (Å²) in [6.07, 6.45) is 4.46. The van der Waals surface area contributed by atoms with Crippen LogP contribution in [0.1, 0.15) is 46.5 Å². The van der Waals surface area contributed by atoms with Gasteiger partial charge in [-0.2, -0.15) is 0 Å². The molecule has 4 heterocycles. The Kier molecular flexibility index (Phi) is 7.48. The third-order valence-corrected chi connectivity index (χ3v) is 9.36. The number of anilines is 2. The number of piperidine rings is 1. The number of rotatable bonds is 6. The number of phenols is 1. The van der Waals surface area contributed by atoms with Crippen LogP contribution >= 0.6 is 0 Å². The number of benzene rings is 1. The van der Waals surface area contributed by atoms with Gasteiger partial charge in [-0.15, -0.1) is 10.2 Å². The quantitative estimate of drug-likeness (QED) is 0.543. The number of phenolic OH excluding ortho intramolecular Hbond substituents is 1. The molecular formula is C31H45N7O3. The van der Waals surface area contributed by atoms with E-state index in [0.29, 0.717) is 28.8 Å². The first-order valence-electron chi connectivity index (χ1n) is 15.2. The highest BCUT2D eigenvalue weighted by molar-refractivity contribution is 5.76. The molecule has 2 aromatic rings. The Balaban J connectivity index is 0.956. The van der Waals surface area contributed by atoms with Crippen LogP contribution < -0.4 is 10.2 Å². The van der Waals surface area contributed by atoms with E-state index in [0.717, 1.165) is 63.6 Å². The molecule has 0 bridgehead atoms. The molecule has 1 aliphatic carbocycles. The molecule has 6 rings (SSSR count). The number of aromatic hydroxyl groups is 1. The Bertz CT molecular complexity index is 1240. The van der Waals surface area contributed by atoms with Crippen molar-refractivity contribution in [1.82, 2.24) is 24.9 Å². The molecule has 10 nitrogen and oxygen atoms in total. The van der Waals surface area contributed by atoms with E-state index in [9.17, 15) is 9.90 Å². The summed E-state index contributed by atoms with van der Waals surface area (Å²) in [5.74, 6) is 1.03. The van der Waals surface area contributed by atoms with Gasteiger partial charge in [-0.3, -0.25) is 4.90 Å². The lowest BCUT2D eigenvalue weighted by Gasteiger charge is -2.63. The summed E-state index contributed by atoms with van der Waals surface area (Å²) in [7, 11) is 2.27. The van der Waals surface area contributed by atoms with E-state index in [4.69, 9.17) is 4.74 Å². The lowest BCUT2D eigenvalue weighted by molar-refractivity contribution is -0.127. The fourth-order valence-corrected chi connectivity index (χ4v) is 7.02. The first-order valence-corrected chi connectivity index (χ1v) is 15.2. The number of para-hydroxylation sites is 1. The Hall–Kier alpha value is -3.11. The lowest BCUT2D eigenvalue weighted by Crippen LogP contribution is -2.69. The third kappa shape index (κ3) is 5.95. The first-order chi connectivity index (χ1) is 19.6. The summed E-state index contributed by atoms with van der Waals surface area (Å²) in [5, 5.41) is 22.5. The van der Waals surface area contributed by atoms with Gasteiger partial charge >= 0.3 is 6.09 Å². The minimum atomic E-state index is -0.438. The van der Waals surface area contributed by atoms with Crippen LogP contribution in [0.4, 0.5) is 16.3 Å². The number of likely N-dealkylation sites (tertiary alicyclic amines) is 2. The number of aromatic nitrogens is 2. The number of hydrogen-bond donors (Lipinski definition) is 2. The van der Waals surface area contributed by atoms with Crippen LogP contribution in [0, 0.1) is 5.41 Å². The summed E-state index contributed by atoms with van der Waals surface area (Å²) in [4.78, 5) is 21.9. The molecule has 0 unspecified atom stereocenters. The SMILES string of the molecule is CN(CCN1CCNc2nnc(-c3ccccc3O)cc21)C1CC2(C1)CN(C1CCN(C(=O)OC(C)(C)C)CC1)C2. The maximum Gasteiger partial charge on any atom is 0.410 e. The Labute approximate surface area is 243 Å². The maximum atomic E-state index is 12.4. The highest BCUT2D eigenvalue weighted by atomic mass is 16.6. The normalized spacial score (nSPS) is 21.3. The molecule has 1 saturated carbocycles. The van der Waals surface area contributed by atoms with Gasteiger partial charge in [0.25, 0.3) is 0 Å². The van der Waals surface area contributed by atoms with E-state index in [1.165, 1.54) is 25.9 Å². The molecule has 3 fully saturated rings. The fraction of sp³-hybridized carbons (Fsp3) is 0.645. The minimum Gasteiger partial charge on any atom is -0.507 e. The van der Waals surface area contributed by atoms with Crippen LogP contribution in [0.2, 0.25) is 0 Å². The van der Waals surface area contributed by atoms with Crippen LogP contribution in [-0.4, -0.2) is 113 Å². The van der Waals surface area contributed by atoms with Gasteiger partial charge in [-0.05, 0) is 77.1 Å². The zero-order chi connectivity index (χ0) is 28.8. The van der Waals surface area contributed by atoms with Crippen molar-refractivity contribution in [1.29, 1.82) is 0 Å². The molecule has 0 atom stereocenters. The van der Waals surface area contributed by atoms with Crippen molar-refractivity contribution in [2.75, 3.05) is 69.6 Å². The van der Waals surface area contributed by atoms with E-state index >= 15 is 0 Å². The van der Waals surface area contributed by atoms with Crippen LogP contribution in [0.15, 0.2) is 30.3 Å². The van der Waals surface area contributed by atoms with E-state index < -0.39 is 5.60 Å². The van der Waals surface area contributed by atoms with Gasteiger partial charge in [0.15, 0.2) is 5.82 Å². The minimum absolute atomic E-state index is 0.172. The van der Waals surface area contributed by atoms with E-state index in [1.807, 2.05) is 49.9 Å². The predicted octanol–water partition coefficient (Wildman–Crippen LogP) is 3.88. The number of nitrogens with zero attached hydrogens (tertiary/aromatic N) is 6. The zero-order valence-corrected chi connectivity index (χ0v) is 25.0. The van der Waals surface area contributed by atoms with Gasteiger partial charge < -0.3 is 29.9 Å². The number of likely N-dealkylation sites (N-methyl/N-ethyl adjacent to an activating group) is 1. The molecule has 10 heteroatoms. The van der Waals surface area contributed by atoms with Gasteiger partial charge in [0.1, 0.15) is 11.4 Å². The number of amides is 1.